The number of ether oxygens (including phenoxy) is 1. The molecule has 26 heavy (non-hydrogen) atoms. The summed E-state index contributed by atoms with van der Waals surface area (Å²) in [5, 5.41) is 11.6. The fourth-order valence-corrected chi connectivity index (χ4v) is 2.61. The van der Waals surface area contributed by atoms with Crippen molar-refractivity contribution in [2.24, 2.45) is 5.92 Å². The Morgan fingerprint density at radius 1 is 1.46 bits per heavy atom. The molecule has 2 aromatic heterocycles. The number of aromatic nitrogens is 3. The van der Waals surface area contributed by atoms with Gasteiger partial charge in [-0.2, -0.15) is 10.2 Å². The van der Waals surface area contributed by atoms with E-state index in [0.29, 0.717) is 22.4 Å². The molecule has 0 unspecified atom stereocenters. The van der Waals surface area contributed by atoms with E-state index in [1.54, 1.807) is 6.92 Å². The molecule has 2 heterocycles. The van der Waals surface area contributed by atoms with Crippen molar-refractivity contribution in [1.82, 2.24) is 15.0 Å². The molecule has 4 rings (SSSR count). The number of nitrogens with one attached hydrogen (secondary N) is 2. The van der Waals surface area contributed by atoms with Crippen LogP contribution in [0.4, 0.5) is 10.2 Å². The van der Waals surface area contributed by atoms with E-state index in [0.717, 1.165) is 18.9 Å². The Morgan fingerprint density at radius 2 is 2.27 bits per heavy atom. The molecule has 8 heteroatoms. The fraction of sp³-hybridized carbons (Fsp3) is 0.222. The molecule has 1 amide bonds. The van der Waals surface area contributed by atoms with E-state index < -0.39 is 5.82 Å². The van der Waals surface area contributed by atoms with E-state index in [-0.39, 0.29) is 29.0 Å². The summed E-state index contributed by atoms with van der Waals surface area (Å²) in [4.78, 5) is 23.6. The number of hydrogen-bond acceptors (Lipinski definition) is 5. The molecule has 1 aliphatic carbocycles. The molecular formula is C18H14FN5O2. The Hall–Kier alpha value is -3.47. The highest BCUT2D eigenvalue weighted by molar-refractivity contribution is 6.00. The van der Waals surface area contributed by atoms with Crippen LogP contribution in [0.2, 0.25) is 0 Å². The number of aromatic amines is 1. The van der Waals surface area contributed by atoms with Gasteiger partial charge < -0.3 is 15.0 Å². The molecule has 0 aliphatic heterocycles. The number of carbonyl (C=O) groups excluding carboxylic acids is 1. The zero-order valence-corrected chi connectivity index (χ0v) is 13.8. The standard InChI is InChI=1S/C18H14FN5O2/c1-9-14-15(22-8-21-14)16(23-17(25)11-3-4-11)24-18(9)26-13-5-2-10(7-20)6-12(13)19/h2,5-6,8,11H,3-4H2,1H3,(H,21,22)(H,23,24,25). The van der Waals surface area contributed by atoms with Crippen molar-refractivity contribution in [3.63, 3.8) is 0 Å². The lowest BCUT2D eigenvalue weighted by molar-refractivity contribution is -0.117. The second kappa shape index (κ2) is 6.11. The van der Waals surface area contributed by atoms with Gasteiger partial charge in [0.05, 0.1) is 18.0 Å². The molecule has 0 saturated heterocycles. The second-order valence-electron chi connectivity index (χ2n) is 6.14. The molecule has 0 spiro atoms. The van der Waals surface area contributed by atoms with E-state index >= 15 is 0 Å². The molecule has 1 saturated carbocycles. The molecule has 3 aromatic rings. The molecular weight excluding hydrogens is 337 g/mol. The third kappa shape index (κ3) is 2.84. The monoisotopic (exact) mass is 351 g/mol. The molecule has 0 bridgehead atoms. The number of nitrogens with zero attached hydrogens (tertiary/aromatic N) is 3. The van der Waals surface area contributed by atoms with Gasteiger partial charge in [-0.25, -0.2) is 9.37 Å². The minimum Gasteiger partial charge on any atom is -0.436 e. The first-order chi connectivity index (χ1) is 12.6. The van der Waals surface area contributed by atoms with Crippen molar-refractivity contribution in [3.05, 3.63) is 41.5 Å². The minimum atomic E-state index is -0.670. The molecule has 1 aromatic carbocycles. The van der Waals surface area contributed by atoms with Gasteiger partial charge in [0.15, 0.2) is 17.4 Å². The van der Waals surface area contributed by atoms with Crippen molar-refractivity contribution < 1.29 is 13.9 Å². The Kier molecular flexibility index (Phi) is 3.77. The highest BCUT2D eigenvalue weighted by atomic mass is 19.1. The number of halogens is 1. The van der Waals surface area contributed by atoms with Crippen LogP contribution in [-0.4, -0.2) is 20.9 Å². The summed E-state index contributed by atoms with van der Waals surface area (Å²) in [7, 11) is 0. The number of rotatable bonds is 4. The zero-order chi connectivity index (χ0) is 18.3. The number of pyridine rings is 1. The predicted molar refractivity (Wildman–Crippen MR) is 91.2 cm³/mol. The average Bonchev–Trinajstić information content (AvgIpc) is 3.37. The molecule has 1 fully saturated rings. The van der Waals surface area contributed by atoms with Gasteiger partial charge in [0.1, 0.15) is 11.0 Å². The number of hydrogen-bond donors (Lipinski definition) is 2. The number of H-pyrrole nitrogens is 1. The zero-order valence-electron chi connectivity index (χ0n) is 13.8. The van der Waals surface area contributed by atoms with E-state index in [4.69, 9.17) is 10.00 Å². The maximum absolute atomic E-state index is 14.1. The third-order valence-corrected chi connectivity index (χ3v) is 4.22. The fourth-order valence-electron chi connectivity index (χ4n) is 2.61. The number of amides is 1. The lowest BCUT2D eigenvalue weighted by Crippen LogP contribution is -2.15. The summed E-state index contributed by atoms with van der Waals surface area (Å²) in [5.41, 5.74) is 1.97. The maximum atomic E-state index is 14.1. The minimum absolute atomic E-state index is 0.0106. The van der Waals surface area contributed by atoms with Gasteiger partial charge in [-0.3, -0.25) is 4.79 Å². The van der Waals surface area contributed by atoms with Crippen molar-refractivity contribution in [1.29, 1.82) is 5.26 Å². The summed E-state index contributed by atoms with van der Waals surface area (Å²) < 4.78 is 19.8. The number of aryl methyl sites for hydroxylation is 1. The number of fused-ring (bicyclic) bond motifs is 1. The van der Waals surface area contributed by atoms with E-state index in [2.05, 4.69) is 20.3 Å². The van der Waals surface area contributed by atoms with Crippen LogP contribution in [0.5, 0.6) is 11.6 Å². The van der Waals surface area contributed by atoms with Crippen LogP contribution in [0, 0.1) is 30.0 Å². The van der Waals surface area contributed by atoms with Gasteiger partial charge >= 0.3 is 0 Å². The Balaban J connectivity index is 1.73. The van der Waals surface area contributed by atoms with Crippen LogP contribution < -0.4 is 10.1 Å². The highest BCUT2D eigenvalue weighted by Crippen LogP contribution is 2.34. The van der Waals surface area contributed by atoms with Gasteiger partial charge in [0.25, 0.3) is 0 Å². The van der Waals surface area contributed by atoms with Gasteiger partial charge in [0, 0.05) is 11.5 Å². The first-order valence-electron chi connectivity index (χ1n) is 8.09. The van der Waals surface area contributed by atoms with Crippen LogP contribution in [0.25, 0.3) is 11.0 Å². The molecule has 0 atom stereocenters. The van der Waals surface area contributed by atoms with Crippen LogP contribution in [-0.2, 0) is 4.79 Å². The smallest absolute Gasteiger partial charge is 0.228 e. The number of carbonyl (C=O) groups is 1. The van der Waals surface area contributed by atoms with E-state index in [1.807, 2.05) is 6.07 Å². The first kappa shape index (κ1) is 16.0. The van der Waals surface area contributed by atoms with Gasteiger partial charge in [-0.05, 0) is 38.0 Å². The Morgan fingerprint density at radius 3 is 2.96 bits per heavy atom. The van der Waals surface area contributed by atoms with Crippen LogP contribution in [0.3, 0.4) is 0 Å². The summed E-state index contributed by atoms with van der Waals surface area (Å²) in [6.07, 6.45) is 3.23. The predicted octanol–water partition coefficient (Wildman–Crippen LogP) is 3.42. The molecule has 2 N–H and O–H groups in total. The molecule has 0 radical (unpaired) electrons. The summed E-state index contributed by atoms with van der Waals surface area (Å²) in [6, 6.07) is 5.78. The number of imidazole rings is 1. The quantitative estimate of drug-likeness (QED) is 0.749. The van der Waals surface area contributed by atoms with Crippen LogP contribution >= 0.6 is 0 Å². The van der Waals surface area contributed by atoms with Crippen LogP contribution in [0.15, 0.2) is 24.5 Å². The lowest BCUT2D eigenvalue weighted by Gasteiger charge is -2.12. The topological polar surface area (TPSA) is 104 Å². The van der Waals surface area contributed by atoms with E-state index in [9.17, 15) is 9.18 Å². The summed E-state index contributed by atoms with van der Waals surface area (Å²) >= 11 is 0. The summed E-state index contributed by atoms with van der Waals surface area (Å²) in [6.45, 7) is 1.75. The molecule has 130 valence electrons. The van der Waals surface area contributed by atoms with Crippen molar-refractivity contribution in [2.45, 2.75) is 19.8 Å². The average molecular weight is 351 g/mol. The SMILES string of the molecule is Cc1c(Oc2ccc(C#N)cc2F)nc(NC(=O)C2CC2)c2[nH]cnc12. The third-order valence-electron chi connectivity index (χ3n) is 4.22. The highest BCUT2D eigenvalue weighted by Gasteiger charge is 2.30. The van der Waals surface area contributed by atoms with Crippen molar-refractivity contribution >= 4 is 22.8 Å². The number of anilines is 1. The van der Waals surface area contributed by atoms with Gasteiger partial charge in [-0.1, -0.05) is 0 Å². The van der Waals surface area contributed by atoms with Gasteiger partial charge in [-0.15, -0.1) is 0 Å². The second-order valence-corrected chi connectivity index (χ2v) is 6.14. The van der Waals surface area contributed by atoms with Gasteiger partial charge in [0.2, 0.25) is 11.8 Å². The Labute approximate surface area is 147 Å². The van der Waals surface area contributed by atoms with Crippen molar-refractivity contribution in [2.75, 3.05) is 5.32 Å². The largest absolute Gasteiger partial charge is 0.436 e. The number of benzene rings is 1. The lowest BCUT2D eigenvalue weighted by atomic mass is 10.2. The first-order valence-corrected chi connectivity index (χ1v) is 8.09. The van der Waals surface area contributed by atoms with Crippen LogP contribution in [0.1, 0.15) is 24.0 Å². The summed E-state index contributed by atoms with van der Waals surface area (Å²) in [5.74, 6) is -0.391. The van der Waals surface area contributed by atoms with Crippen molar-refractivity contribution in [3.8, 4) is 17.7 Å². The number of nitriles is 1. The Bertz CT molecular complexity index is 1070. The van der Waals surface area contributed by atoms with E-state index in [1.165, 1.54) is 18.5 Å². The maximum Gasteiger partial charge on any atom is 0.228 e. The molecule has 1 aliphatic rings. The molecule has 7 nitrogen and oxygen atoms in total. The normalized spacial score (nSPS) is 13.4.